The molecule has 4 nitrogen and oxygen atoms in total. The van der Waals surface area contributed by atoms with Crippen LogP contribution in [0.1, 0.15) is 12.5 Å². The molecule has 2 aromatic rings. The molecule has 0 fully saturated rings. The van der Waals surface area contributed by atoms with Crippen LogP contribution in [-0.4, -0.2) is 22.8 Å². The fourth-order valence-corrected chi connectivity index (χ4v) is 2.05. The van der Waals surface area contributed by atoms with Crippen LogP contribution in [0.4, 0.5) is 16.0 Å². The van der Waals surface area contributed by atoms with Gasteiger partial charge in [0.05, 0.1) is 0 Å². The van der Waals surface area contributed by atoms with Crippen molar-refractivity contribution in [2.75, 3.05) is 23.4 Å². The Hall–Kier alpha value is -1.82. The summed E-state index contributed by atoms with van der Waals surface area (Å²) in [6, 6.07) is 8.28. The van der Waals surface area contributed by atoms with Gasteiger partial charge in [-0.05, 0) is 30.9 Å². The summed E-state index contributed by atoms with van der Waals surface area (Å²) in [4.78, 5) is 8.75. The smallest absolute Gasteiger partial charge is 0.191 e. The van der Waals surface area contributed by atoms with Gasteiger partial charge in [0, 0.05) is 19.2 Å². The average Bonchev–Trinajstić information content (AvgIpc) is 2.47. The molecule has 2 N–H and O–H groups in total. The van der Waals surface area contributed by atoms with E-state index in [0.29, 0.717) is 11.7 Å². The minimum absolute atomic E-state index is 0.227. The predicted octanol–water partition coefficient (Wildman–Crippen LogP) is 3.38. The van der Waals surface area contributed by atoms with Gasteiger partial charge in [-0.15, -0.1) is 0 Å². The number of hydrogen-bond donors (Lipinski definition) is 2. The summed E-state index contributed by atoms with van der Waals surface area (Å²) in [5.41, 5.74) is 1.00. The SMILES string of the molecule is CCNc1cc(NCc2ccc(F)cc2)nc(SC)n1. The molecule has 0 saturated heterocycles. The zero-order valence-electron chi connectivity index (χ0n) is 11.5. The first-order valence-electron chi connectivity index (χ1n) is 6.36. The largest absolute Gasteiger partial charge is 0.370 e. The zero-order valence-corrected chi connectivity index (χ0v) is 12.3. The number of aromatic nitrogens is 2. The fraction of sp³-hybridized carbons (Fsp3) is 0.286. The lowest BCUT2D eigenvalue weighted by atomic mass is 10.2. The second kappa shape index (κ2) is 7.09. The van der Waals surface area contributed by atoms with Crippen LogP contribution >= 0.6 is 11.8 Å². The van der Waals surface area contributed by atoms with E-state index in [1.165, 1.54) is 23.9 Å². The normalized spacial score (nSPS) is 10.3. The maximum Gasteiger partial charge on any atom is 0.191 e. The summed E-state index contributed by atoms with van der Waals surface area (Å²) in [5.74, 6) is 1.33. The number of nitrogens with zero attached hydrogens (tertiary/aromatic N) is 2. The van der Waals surface area contributed by atoms with Crippen molar-refractivity contribution < 1.29 is 4.39 Å². The van der Waals surface area contributed by atoms with Gasteiger partial charge in [0.15, 0.2) is 5.16 Å². The molecule has 106 valence electrons. The van der Waals surface area contributed by atoms with Crippen molar-refractivity contribution in [3.8, 4) is 0 Å². The molecule has 0 radical (unpaired) electrons. The molecular weight excluding hydrogens is 275 g/mol. The summed E-state index contributed by atoms with van der Waals surface area (Å²) < 4.78 is 12.8. The first-order valence-corrected chi connectivity index (χ1v) is 7.59. The van der Waals surface area contributed by atoms with Gasteiger partial charge in [0.2, 0.25) is 0 Å². The number of halogens is 1. The molecule has 0 unspecified atom stereocenters. The Morgan fingerprint density at radius 2 is 1.75 bits per heavy atom. The highest BCUT2D eigenvalue weighted by atomic mass is 32.2. The summed E-state index contributed by atoms with van der Waals surface area (Å²) >= 11 is 1.49. The maximum absolute atomic E-state index is 12.8. The van der Waals surface area contributed by atoms with Crippen LogP contribution in [0.3, 0.4) is 0 Å². The summed E-state index contributed by atoms with van der Waals surface area (Å²) in [5, 5.41) is 7.11. The molecule has 0 atom stereocenters. The van der Waals surface area contributed by atoms with Gasteiger partial charge >= 0.3 is 0 Å². The number of nitrogens with one attached hydrogen (secondary N) is 2. The highest BCUT2D eigenvalue weighted by Gasteiger charge is 2.03. The molecule has 0 amide bonds. The molecule has 1 aromatic heterocycles. The van der Waals surface area contributed by atoms with Crippen LogP contribution in [-0.2, 0) is 6.54 Å². The molecule has 0 aliphatic heterocycles. The summed E-state index contributed by atoms with van der Waals surface area (Å²) in [6.45, 7) is 3.42. The molecule has 0 aliphatic carbocycles. The van der Waals surface area contributed by atoms with Crippen molar-refractivity contribution >= 4 is 23.4 Å². The van der Waals surface area contributed by atoms with Crippen LogP contribution in [0.15, 0.2) is 35.5 Å². The van der Waals surface area contributed by atoms with Gasteiger partial charge in [-0.25, -0.2) is 14.4 Å². The lowest BCUT2D eigenvalue weighted by Gasteiger charge is -2.09. The Kier molecular flexibility index (Phi) is 5.17. The van der Waals surface area contributed by atoms with Crippen molar-refractivity contribution in [3.63, 3.8) is 0 Å². The molecular formula is C14H17FN4S. The van der Waals surface area contributed by atoms with Gasteiger partial charge in [-0.1, -0.05) is 23.9 Å². The summed E-state index contributed by atoms with van der Waals surface area (Å²) in [7, 11) is 0. The lowest BCUT2D eigenvalue weighted by Crippen LogP contribution is -2.06. The standard InChI is InChI=1S/C14H17FN4S/c1-3-16-12-8-13(19-14(18-12)20-2)17-9-10-4-6-11(15)7-5-10/h4-8H,3,9H2,1-2H3,(H2,16,17,18,19). The number of rotatable bonds is 6. The molecule has 0 saturated carbocycles. The van der Waals surface area contributed by atoms with E-state index in [1.54, 1.807) is 12.1 Å². The van der Waals surface area contributed by atoms with Gasteiger partial charge < -0.3 is 10.6 Å². The third kappa shape index (κ3) is 4.09. The molecule has 2 rings (SSSR count). The van der Waals surface area contributed by atoms with Crippen molar-refractivity contribution in [2.45, 2.75) is 18.6 Å². The van der Waals surface area contributed by atoms with E-state index >= 15 is 0 Å². The van der Waals surface area contributed by atoms with Gasteiger partial charge in [0.25, 0.3) is 0 Å². The van der Waals surface area contributed by atoms with E-state index in [0.717, 1.165) is 23.7 Å². The van der Waals surface area contributed by atoms with E-state index in [-0.39, 0.29) is 5.82 Å². The molecule has 0 bridgehead atoms. The lowest BCUT2D eigenvalue weighted by molar-refractivity contribution is 0.627. The zero-order chi connectivity index (χ0) is 14.4. The first kappa shape index (κ1) is 14.6. The van der Waals surface area contributed by atoms with Crippen LogP contribution < -0.4 is 10.6 Å². The van der Waals surface area contributed by atoms with E-state index in [9.17, 15) is 4.39 Å². The monoisotopic (exact) mass is 292 g/mol. The van der Waals surface area contributed by atoms with E-state index in [2.05, 4.69) is 20.6 Å². The van der Waals surface area contributed by atoms with E-state index in [4.69, 9.17) is 0 Å². The summed E-state index contributed by atoms with van der Waals surface area (Å²) in [6.07, 6.45) is 1.94. The van der Waals surface area contributed by atoms with Gasteiger partial charge in [-0.2, -0.15) is 0 Å². The quantitative estimate of drug-likeness (QED) is 0.631. The van der Waals surface area contributed by atoms with Crippen LogP contribution in [0, 0.1) is 5.82 Å². The Morgan fingerprint density at radius 1 is 1.10 bits per heavy atom. The Labute approximate surface area is 122 Å². The number of benzene rings is 1. The molecule has 6 heteroatoms. The first-order chi connectivity index (χ1) is 9.71. The highest BCUT2D eigenvalue weighted by Crippen LogP contribution is 2.17. The highest BCUT2D eigenvalue weighted by molar-refractivity contribution is 7.98. The van der Waals surface area contributed by atoms with Crippen molar-refractivity contribution in [1.29, 1.82) is 0 Å². The maximum atomic E-state index is 12.8. The molecule has 0 spiro atoms. The average molecular weight is 292 g/mol. The topological polar surface area (TPSA) is 49.8 Å². The number of anilines is 2. The predicted molar refractivity (Wildman–Crippen MR) is 81.7 cm³/mol. The van der Waals surface area contributed by atoms with Gasteiger partial charge in [-0.3, -0.25) is 0 Å². The van der Waals surface area contributed by atoms with Crippen LogP contribution in [0.25, 0.3) is 0 Å². The molecule has 20 heavy (non-hydrogen) atoms. The number of hydrogen-bond acceptors (Lipinski definition) is 5. The second-order valence-electron chi connectivity index (χ2n) is 4.14. The van der Waals surface area contributed by atoms with Crippen LogP contribution in [0.2, 0.25) is 0 Å². The van der Waals surface area contributed by atoms with Crippen LogP contribution in [0.5, 0.6) is 0 Å². The fourth-order valence-electron chi connectivity index (χ4n) is 1.67. The second-order valence-corrected chi connectivity index (χ2v) is 4.91. The third-order valence-corrected chi connectivity index (χ3v) is 3.18. The van der Waals surface area contributed by atoms with E-state index < -0.39 is 0 Å². The molecule has 1 heterocycles. The minimum Gasteiger partial charge on any atom is -0.370 e. The van der Waals surface area contributed by atoms with E-state index in [1.807, 2.05) is 19.2 Å². The van der Waals surface area contributed by atoms with Crippen molar-refractivity contribution in [3.05, 3.63) is 41.7 Å². The number of thioether (sulfide) groups is 1. The molecule has 0 aliphatic rings. The Balaban J connectivity index is 2.07. The van der Waals surface area contributed by atoms with Crippen molar-refractivity contribution in [2.24, 2.45) is 0 Å². The Morgan fingerprint density at radius 3 is 2.35 bits per heavy atom. The van der Waals surface area contributed by atoms with Crippen molar-refractivity contribution in [1.82, 2.24) is 9.97 Å². The third-order valence-electron chi connectivity index (χ3n) is 2.63. The Bertz CT molecular complexity index is 560. The molecule has 1 aromatic carbocycles. The van der Waals surface area contributed by atoms with Gasteiger partial charge in [0.1, 0.15) is 17.5 Å². The minimum atomic E-state index is -0.227.